The molecular formula is C7H13N3O4. The minimum absolute atomic E-state index is 0.167. The highest BCUT2D eigenvalue weighted by Gasteiger charge is 2.11. The van der Waals surface area contributed by atoms with E-state index in [1.165, 1.54) is 14.1 Å². The van der Waals surface area contributed by atoms with Gasteiger partial charge in [0.15, 0.2) is 0 Å². The van der Waals surface area contributed by atoms with Gasteiger partial charge in [-0.15, -0.1) is 0 Å². The van der Waals surface area contributed by atoms with Crippen LogP contribution in [0, 0.1) is 0 Å². The van der Waals surface area contributed by atoms with E-state index in [9.17, 15) is 14.4 Å². The van der Waals surface area contributed by atoms with Gasteiger partial charge in [-0.1, -0.05) is 0 Å². The van der Waals surface area contributed by atoms with Crippen molar-refractivity contribution in [3.8, 4) is 0 Å². The van der Waals surface area contributed by atoms with Crippen molar-refractivity contribution in [3.63, 3.8) is 0 Å². The van der Waals surface area contributed by atoms with Gasteiger partial charge in [0.25, 0.3) is 0 Å². The van der Waals surface area contributed by atoms with E-state index in [1.54, 1.807) is 0 Å². The molecule has 0 atom stereocenters. The summed E-state index contributed by atoms with van der Waals surface area (Å²) in [4.78, 5) is 32.9. The van der Waals surface area contributed by atoms with Crippen LogP contribution in [0.3, 0.4) is 0 Å². The molecule has 0 aromatic carbocycles. The average Bonchev–Trinajstić information content (AvgIpc) is 2.12. The zero-order valence-electron chi connectivity index (χ0n) is 8.03. The van der Waals surface area contributed by atoms with Gasteiger partial charge in [0.2, 0.25) is 5.91 Å². The standard InChI is InChI=1S/C7H13N3O4/c1-8-5(11)3-9-7(14)10(2)4-6(12)13/h3-4H2,1-2H3,(H,8,11)(H,9,14)(H,12,13). The lowest BCUT2D eigenvalue weighted by Crippen LogP contribution is -2.43. The monoisotopic (exact) mass is 203 g/mol. The number of rotatable bonds is 4. The fourth-order valence-corrected chi connectivity index (χ4v) is 0.654. The molecule has 0 aromatic heterocycles. The van der Waals surface area contributed by atoms with E-state index >= 15 is 0 Å². The Kier molecular flexibility index (Phi) is 5.05. The predicted octanol–water partition coefficient (Wildman–Crippen LogP) is -1.54. The Hall–Kier alpha value is -1.79. The van der Waals surface area contributed by atoms with Gasteiger partial charge < -0.3 is 20.6 Å². The number of nitrogens with one attached hydrogen (secondary N) is 2. The van der Waals surface area contributed by atoms with Crippen molar-refractivity contribution in [2.24, 2.45) is 0 Å². The molecule has 0 aliphatic rings. The van der Waals surface area contributed by atoms with Crippen molar-refractivity contribution in [2.45, 2.75) is 0 Å². The second-order valence-electron chi connectivity index (χ2n) is 2.58. The topological polar surface area (TPSA) is 98.7 Å². The quantitative estimate of drug-likeness (QED) is 0.515. The Morgan fingerprint density at radius 1 is 1.36 bits per heavy atom. The number of aliphatic carboxylic acids is 1. The molecule has 3 N–H and O–H groups in total. The first-order valence-electron chi connectivity index (χ1n) is 3.88. The smallest absolute Gasteiger partial charge is 0.323 e. The minimum Gasteiger partial charge on any atom is -0.480 e. The van der Waals surface area contributed by atoms with Crippen LogP contribution >= 0.6 is 0 Å². The molecule has 0 bridgehead atoms. The Morgan fingerprint density at radius 2 is 1.93 bits per heavy atom. The van der Waals surface area contributed by atoms with Crippen LogP contribution in [0.2, 0.25) is 0 Å². The zero-order chi connectivity index (χ0) is 11.1. The number of carboxylic acid groups (broad SMARTS) is 1. The number of amides is 3. The van der Waals surface area contributed by atoms with E-state index in [1.807, 2.05) is 0 Å². The van der Waals surface area contributed by atoms with Gasteiger partial charge in [-0.2, -0.15) is 0 Å². The zero-order valence-corrected chi connectivity index (χ0v) is 8.03. The van der Waals surface area contributed by atoms with Gasteiger partial charge in [-0.25, -0.2) is 4.79 Å². The fourth-order valence-electron chi connectivity index (χ4n) is 0.654. The molecule has 7 nitrogen and oxygen atoms in total. The van der Waals surface area contributed by atoms with Gasteiger partial charge >= 0.3 is 12.0 Å². The lowest BCUT2D eigenvalue weighted by atomic mass is 10.5. The van der Waals surface area contributed by atoms with E-state index in [2.05, 4.69) is 10.6 Å². The third-order valence-electron chi connectivity index (χ3n) is 1.40. The number of nitrogens with zero attached hydrogens (tertiary/aromatic N) is 1. The molecule has 0 fully saturated rings. The molecule has 0 saturated heterocycles. The lowest BCUT2D eigenvalue weighted by molar-refractivity contribution is -0.137. The lowest BCUT2D eigenvalue weighted by Gasteiger charge is -2.14. The maximum Gasteiger partial charge on any atom is 0.323 e. The number of likely N-dealkylation sites (N-methyl/N-ethyl adjacent to an activating group) is 2. The van der Waals surface area contributed by atoms with Crippen LogP contribution in [0.1, 0.15) is 0 Å². The maximum atomic E-state index is 11.1. The SMILES string of the molecule is CNC(=O)CNC(=O)N(C)CC(=O)O. The molecule has 0 heterocycles. The number of hydrogen-bond acceptors (Lipinski definition) is 3. The number of carbonyl (C=O) groups excluding carboxylic acids is 2. The van der Waals surface area contributed by atoms with Gasteiger partial charge in [-0.05, 0) is 0 Å². The summed E-state index contributed by atoms with van der Waals surface area (Å²) in [6, 6.07) is -0.601. The van der Waals surface area contributed by atoms with E-state index in [-0.39, 0.29) is 12.5 Å². The van der Waals surface area contributed by atoms with Crippen LogP contribution in [-0.4, -0.2) is 55.1 Å². The molecule has 7 heteroatoms. The average molecular weight is 203 g/mol. The maximum absolute atomic E-state index is 11.1. The highest BCUT2D eigenvalue weighted by atomic mass is 16.4. The van der Waals surface area contributed by atoms with Crippen molar-refractivity contribution in [3.05, 3.63) is 0 Å². The first-order valence-corrected chi connectivity index (χ1v) is 3.88. The Labute approximate surface area is 81.1 Å². The molecular weight excluding hydrogens is 190 g/mol. The van der Waals surface area contributed by atoms with Crippen LogP contribution in [-0.2, 0) is 9.59 Å². The molecule has 0 aliphatic carbocycles. The summed E-state index contributed by atoms with van der Waals surface area (Å²) in [7, 11) is 2.77. The van der Waals surface area contributed by atoms with Gasteiger partial charge in [0, 0.05) is 14.1 Å². The van der Waals surface area contributed by atoms with E-state index < -0.39 is 18.5 Å². The van der Waals surface area contributed by atoms with Crippen molar-refractivity contribution < 1.29 is 19.5 Å². The third kappa shape index (κ3) is 4.96. The molecule has 3 amide bonds. The summed E-state index contributed by atoms with van der Waals surface area (Å²) in [5, 5.41) is 12.9. The number of carboxylic acids is 1. The molecule has 0 rings (SSSR count). The van der Waals surface area contributed by atoms with E-state index in [0.29, 0.717) is 0 Å². The molecule has 0 aromatic rings. The number of hydrogen-bond donors (Lipinski definition) is 3. The summed E-state index contributed by atoms with van der Waals surface area (Å²) >= 11 is 0. The number of carbonyl (C=O) groups is 3. The van der Waals surface area contributed by atoms with Gasteiger partial charge in [0.05, 0.1) is 6.54 Å². The Bertz CT molecular complexity index is 241. The second kappa shape index (κ2) is 5.79. The summed E-state index contributed by atoms with van der Waals surface area (Å²) in [6.45, 7) is -0.571. The molecule has 0 unspecified atom stereocenters. The highest BCUT2D eigenvalue weighted by molar-refractivity contribution is 5.85. The van der Waals surface area contributed by atoms with Gasteiger partial charge in [0.1, 0.15) is 6.54 Å². The van der Waals surface area contributed by atoms with Crippen LogP contribution in [0.4, 0.5) is 4.79 Å². The summed E-state index contributed by atoms with van der Waals surface area (Å²) < 4.78 is 0. The molecule has 0 aliphatic heterocycles. The third-order valence-corrected chi connectivity index (χ3v) is 1.40. The number of urea groups is 1. The molecule has 0 radical (unpaired) electrons. The normalized spacial score (nSPS) is 9.00. The van der Waals surface area contributed by atoms with Crippen LogP contribution in [0.15, 0.2) is 0 Å². The summed E-state index contributed by atoms with van der Waals surface area (Å²) in [5.41, 5.74) is 0. The summed E-state index contributed by atoms with van der Waals surface area (Å²) in [5.74, 6) is -1.45. The molecule has 80 valence electrons. The van der Waals surface area contributed by atoms with Crippen molar-refractivity contribution in [2.75, 3.05) is 27.2 Å². The minimum atomic E-state index is -1.11. The van der Waals surface area contributed by atoms with Crippen LogP contribution in [0.5, 0.6) is 0 Å². The highest BCUT2D eigenvalue weighted by Crippen LogP contribution is 1.83. The first-order chi connectivity index (χ1) is 6.47. The molecule has 0 spiro atoms. The van der Waals surface area contributed by atoms with Crippen molar-refractivity contribution in [1.82, 2.24) is 15.5 Å². The largest absolute Gasteiger partial charge is 0.480 e. The molecule has 14 heavy (non-hydrogen) atoms. The first kappa shape index (κ1) is 12.2. The van der Waals surface area contributed by atoms with Crippen molar-refractivity contribution in [1.29, 1.82) is 0 Å². The second-order valence-corrected chi connectivity index (χ2v) is 2.58. The van der Waals surface area contributed by atoms with Crippen LogP contribution < -0.4 is 10.6 Å². The van der Waals surface area contributed by atoms with E-state index in [4.69, 9.17) is 5.11 Å². The molecule has 0 saturated carbocycles. The predicted molar refractivity (Wildman–Crippen MR) is 47.7 cm³/mol. The summed E-state index contributed by atoms with van der Waals surface area (Å²) in [6.07, 6.45) is 0. The van der Waals surface area contributed by atoms with Crippen LogP contribution in [0.25, 0.3) is 0 Å². The Morgan fingerprint density at radius 3 is 2.36 bits per heavy atom. The fraction of sp³-hybridized carbons (Fsp3) is 0.571. The van der Waals surface area contributed by atoms with Gasteiger partial charge in [-0.3, -0.25) is 9.59 Å². The van der Waals surface area contributed by atoms with Crippen molar-refractivity contribution >= 4 is 17.9 Å². The van der Waals surface area contributed by atoms with E-state index in [0.717, 1.165) is 4.90 Å². The Balaban J connectivity index is 3.84.